The Morgan fingerprint density at radius 3 is 2.50 bits per heavy atom. The summed E-state index contributed by atoms with van der Waals surface area (Å²) in [5.41, 5.74) is 5.42. The van der Waals surface area contributed by atoms with Crippen LogP contribution in [0, 0.1) is 33.1 Å². The Kier molecular flexibility index (Phi) is 8.67. The van der Waals surface area contributed by atoms with Crippen LogP contribution in [0.15, 0.2) is 48.7 Å². The predicted molar refractivity (Wildman–Crippen MR) is 138 cm³/mol. The van der Waals surface area contributed by atoms with Gasteiger partial charge in [-0.2, -0.15) is 0 Å². The number of rotatable bonds is 10. The molecule has 0 unspecified atom stereocenters. The van der Waals surface area contributed by atoms with Crippen LogP contribution in [0.1, 0.15) is 40.5 Å². The van der Waals surface area contributed by atoms with Crippen LogP contribution >= 0.6 is 11.6 Å². The molecule has 178 valence electrons. The normalized spacial score (nSPS) is 10.6. The molecule has 0 aliphatic rings. The third kappa shape index (κ3) is 6.15. The number of esters is 1. The van der Waals surface area contributed by atoms with E-state index in [2.05, 4.69) is 12.0 Å². The van der Waals surface area contributed by atoms with Crippen LogP contribution in [-0.2, 0) is 11.3 Å². The molecule has 6 heteroatoms. The summed E-state index contributed by atoms with van der Waals surface area (Å²) in [6.45, 7) is 9.55. The third-order valence-electron chi connectivity index (χ3n) is 5.46. The summed E-state index contributed by atoms with van der Waals surface area (Å²) in [6, 6.07) is 13.8. The van der Waals surface area contributed by atoms with E-state index in [-0.39, 0.29) is 5.97 Å². The maximum Gasteiger partial charge on any atom is 0.355 e. The highest BCUT2D eigenvalue weighted by Gasteiger charge is 2.19. The Balaban J connectivity index is 1.79. The minimum absolute atomic E-state index is 0.309. The minimum atomic E-state index is -0.358. The molecule has 3 aromatic rings. The molecular formula is C28H31ClN2O3. The van der Waals surface area contributed by atoms with Gasteiger partial charge >= 0.3 is 5.97 Å². The van der Waals surface area contributed by atoms with Gasteiger partial charge in [0.05, 0.1) is 25.4 Å². The van der Waals surface area contributed by atoms with Gasteiger partial charge in [0.25, 0.3) is 0 Å². The van der Waals surface area contributed by atoms with E-state index in [4.69, 9.17) is 27.5 Å². The summed E-state index contributed by atoms with van der Waals surface area (Å²) in [5, 5.41) is 0.761. The molecule has 0 saturated carbocycles. The highest BCUT2D eigenvalue weighted by atomic mass is 35.5. The van der Waals surface area contributed by atoms with Crippen LogP contribution in [0.25, 0.3) is 0 Å². The third-order valence-corrected chi connectivity index (χ3v) is 6.06. The second kappa shape index (κ2) is 11.7. The van der Waals surface area contributed by atoms with Crippen molar-refractivity contribution in [3.05, 3.63) is 76.1 Å². The number of aromatic nitrogens is 1. The van der Waals surface area contributed by atoms with Crippen molar-refractivity contribution < 1.29 is 14.3 Å². The zero-order chi connectivity index (χ0) is 24.7. The Morgan fingerprint density at radius 1 is 1.12 bits per heavy atom. The Hall–Kier alpha value is -3.36. The molecule has 0 aliphatic heterocycles. The van der Waals surface area contributed by atoms with E-state index in [9.17, 15) is 4.79 Å². The van der Waals surface area contributed by atoms with Crippen molar-refractivity contribution in [3.8, 4) is 18.1 Å². The van der Waals surface area contributed by atoms with Crippen LogP contribution in [-0.4, -0.2) is 30.3 Å². The van der Waals surface area contributed by atoms with Crippen LogP contribution < -0.4 is 9.64 Å². The molecular weight excluding hydrogens is 448 g/mol. The van der Waals surface area contributed by atoms with Gasteiger partial charge < -0.3 is 18.9 Å². The van der Waals surface area contributed by atoms with Gasteiger partial charge in [-0.05, 0) is 81.1 Å². The first kappa shape index (κ1) is 25.3. The average molecular weight is 479 g/mol. The van der Waals surface area contributed by atoms with Gasteiger partial charge in [0.1, 0.15) is 11.4 Å². The molecule has 0 aliphatic carbocycles. The molecule has 0 saturated heterocycles. The van der Waals surface area contributed by atoms with E-state index in [1.807, 2.05) is 72.8 Å². The quantitative estimate of drug-likeness (QED) is 0.190. The molecule has 0 atom stereocenters. The lowest BCUT2D eigenvalue weighted by Crippen LogP contribution is -2.16. The van der Waals surface area contributed by atoms with Crippen molar-refractivity contribution in [2.75, 3.05) is 24.7 Å². The van der Waals surface area contributed by atoms with Crippen molar-refractivity contribution in [1.29, 1.82) is 0 Å². The van der Waals surface area contributed by atoms with Crippen molar-refractivity contribution in [2.45, 2.75) is 40.7 Å². The van der Waals surface area contributed by atoms with Crippen LogP contribution in [0.4, 0.5) is 11.4 Å². The van der Waals surface area contributed by atoms with Crippen LogP contribution in [0.3, 0.4) is 0 Å². The van der Waals surface area contributed by atoms with Gasteiger partial charge in [-0.15, -0.1) is 6.42 Å². The fourth-order valence-corrected chi connectivity index (χ4v) is 3.95. The van der Waals surface area contributed by atoms with Crippen molar-refractivity contribution in [3.63, 3.8) is 0 Å². The molecule has 0 amide bonds. The van der Waals surface area contributed by atoms with E-state index in [0.29, 0.717) is 38.4 Å². The first-order valence-electron chi connectivity index (χ1n) is 11.4. The monoisotopic (exact) mass is 478 g/mol. The molecule has 0 fully saturated rings. The molecule has 3 rings (SSSR count). The lowest BCUT2D eigenvalue weighted by molar-refractivity contribution is 0.0513. The average Bonchev–Trinajstić information content (AvgIpc) is 3.22. The van der Waals surface area contributed by atoms with E-state index in [1.165, 1.54) is 0 Å². The number of hydrogen-bond donors (Lipinski definition) is 0. The summed E-state index contributed by atoms with van der Waals surface area (Å²) in [5.74, 6) is 3.15. The number of anilines is 2. The number of hydrogen-bond acceptors (Lipinski definition) is 4. The Bertz CT molecular complexity index is 1170. The lowest BCUT2D eigenvalue weighted by atomic mass is 10.1. The maximum absolute atomic E-state index is 12.7. The van der Waals surface area contributed by atoms with Crippen molar-refractivity contribution in [1.82, 2.24) is 4.57 Å². The first-order valence-corrected chi connectivity index (χ1v) is 11.8. The molecule has 0 N–H and O–H groups in total. The predicted octanol–water partition coefficient (Wildman–Crippen LogP) is 6.48. The number of halogens is 1. The number of terminal acetylenes is 1. The van der Waals surface area contributed by atoms with E-state index < -0.39 is 0 Å². The number of benzene rings is 2. The summed E-state index contributed by atoms with van der Waals surface area (Å²) in [4.78, 5) is 14.7. The minimum Gasteiger partial charge on any atom is -0.494 e. The summed E-state index contributed by atoms with van der Waals surface area (Å²) in [6.07, 6.45) is 8.32. The number of aryl methyl sites for hydroxylation is 4. The number of carbonyl (C=O) groups is 1. The first-order chi connectivity index (χ1) is 16.3. The molecule has 0 radical (unpaired) electrons. The standard InChI is InChI=1S/C28H31ClN2O3/c1-6-12-31(23-11-8-10-20(3)15-23)24-18-26(28(32)33-7-2)30(19-24)13-9-14-34-25-16-21(4)27(29)22(5)17-25/h1,8,10-11,15-19H,7,9,12-14H2,2-5H3. The highest BCUT2D eigenvalue weighted by molar-refractivity contribution is 6.32. The molecule has 1 heterocycles. The summed E-state index contributed by atoms with van der Waals surface area (Å²) >= 11 is 6.25. The zero-order valence-electron chi connectivity index (χ0n) is 20.2. The smallest absolute Gasteiger partial charge is 0.355 e. The van der Waals surface area contributed by atoms with Gasteiger partial charge in [-0.3, -0.25) is 0 Å². The fraction of sp³-hybridized carbons (Fsp3) is 0.321. The van der Waals surface area contributed by atoms with Crippen molar-refractivity contribution in [2.24, 2.45) is 0 Å². The van der Waals surface area contributed by atoms with E-state index in [1.54, 1.807) is 6.92 Å². The summed E-state index contributed by atoms with van der Waals surface area (Å²) < 4.78 is 13.2. The molecule has 0 spiro atoms. The summed E-state index contributed by atoms with van der Waals surface area (Å²) in [7, 11) is 0. The molecule has 5 nitrogen and oxygen atoms in total. The Labute approximate surface area is 207 Å². The zero-order valence-corrected chi connectivity index (χ0v) is 21.0. The maximum atomic E-state index is 12.7. The molecule has 0 bridgehead atoms. The number of carbonyl (C=O) groups excluding carboxylic acids is 1. The van der Waals surface area contributed by atoms with Crippen LogP contribution in [0.5, 0.6) is 5.75 Å². The van der Waals surface area contributed by atoms with Gasteiger partial charge in [0.2, 0.25) is 0 Å². The van der Waals surface area contributed by atoms with E-state index >= 15 is 0 Å². The second-order valence-corrected chi connectivity index (χ2v) is 8.58. The SMILES string of the molecule is C#CCN(c1cccc(C)c1)c1cc(C(=O)OCC)n(CCCOc2cc(C)c(Cl)c(C)c2)c1. The van der Waals surface area contributed by atoms with Crippen LogP contribution in [0.2, 0.25) is 5.02 Å². The van der Waals surface area contributed by atoms with E-state index in [0.717, 1.165) is 38.8 Å². The Morgan fingerprint density at radius 2 is 1.85 bits per heavy atom. The molecule has 2 aromatic carbocycles. The fourth-order valence-electron chi connectivity index (χ4n) is 3.84. The number of nitrogens with zero attached hydrogens (tertiary/aromatic N) is 2. The lowest BCUT2D eigenvalue weighted by Gasteiger charge is -2.21. The van der Waals surface area contributed by atoms with Gasteiger partial charge in [-0.1, -0.05) is 29.7 Å². The topological polar surface area (TPSA) is 43.7 Å². The highest BCUT2D eigenvalue weighted by Crippen LogP contribution is 2.29. The van der Waals surface area contributed by atoms with Gasteiger partial charge in [0.15, 0.2) is 0 Å². The van der Waals surface area contributed by atoms with Gasteiger partial charge in [-0.25, -0.2) is 4.79 Å². The number of ether oxygens (including phenoxy) is 2. The van der Waals surface area contributed by atoms with Crippen molar-refractivity contribution >= 4 is 28.9 Å². The van der Waals surface area contributed by atoms with Gasteiger partial charge in [0, 0.05) is 23.5 Å². The second-order valence-electron chi connectivity index (χ2n) is 8.20. The largest absolute Gasteiger partial charge is 0.494 e. The molecule has 1 aromatic heterocycles. The molecule has 34 heavy (non-hydrogen) atoms.